The van der Waals surface area contributed by atoms with Crippen molar-refractivity contribution in [3.8, 4) is 5.75 Å². The van der Waals surface area contributed by atoms with Crippen LogP contribution in [-0.4, -0.2) is 22.0 Å². The smallest absolute Gasteiger partial charge is 0.351 e. The predicted octanol–water partition coefficient (Wildman–Crippen LogP) is 3.02. The molecule has 0 fully saturated rings. The Morgan fingerprint density at radius 2 is 2.04 bits per heavy atom. The molecule has 1 aromatic heterocycles. The van der Waals surface area contributed by atoms with Gasteiger partial charge in [-0.3, -0.25) is 4.79 Å². The van der Waals surface area contributed by atoms with Crippen LogP contribution in [0, 0.1) is 0 Å². The van der Waals surface area contributed by atoms with Crippen LogP contribution in [0.25, 0.3) is 0 Å². The molecule has 23 heavy (non-hydrogen) atoms. The molecule has 0 spiro atoms. The van der Waals surface area contributed by atoms with Crippen LogP contribution < -0.4 is 5.63 Å². The van der Waals surface area contributed by atoms with E-state index in [1.807, 2.05) is 0 Å². The topological polar surface area (TPSA) is 105 Å². The van der Waals surface area contributed by atoms with Crippen molar-refractivity contribution in [2.24, 2.45) is 0 Å². The minimum atomic E-state index is -1.02. The minimum absolute atomic E-state index is 0.209. The number of carboxylic acids is 1. The van der Waals surface area contributed by atoms with Gasteiger partial charge in [-0.15, -0.1) is 0 Å². The summed E-state index contributed by atoms with van der Waals surface area (Å²) in [6.07, 6.45) is 5.11. The Morgan fingerprint density at radius 3 is 2.57 bits per heavy atom. The van der Waals surface area contributed by atoms with Crippen LogP contribution in [0.2, 0.25) is 0 Å². The molecular weight excluding hydrogens is 300 g/mol. The molecule has 6 heteroatoms. The summed E-state index contributed by atoms with van der Waals surface area (Å²) in [6.45, 7) is 4.99. The minimum Gasteiger partial charge on any atom is -0.507 e. The van der Waals surface area contributed by atoms with Crippen molar-refractivity contribution in [2.45, 2.75) is 39.5 Å². The summed E-state index contributed by atoms with van der Waals surface area (Å²) in [5, 5.41) is 18.5. The number of hydrogen-bond donors (Lipinski definition) is 2. The van der Waals surface area contributed by atoms with Gasteiger partial charge in [-0.25, -0.2) is 9.59 Å². The molecule has 0 saturated heterocycles. The number of ketones is 1. The number of carbonyl (C=O) groups is 2. The molecule has 0 aliphatic carbocycles. The van der Waals surface area contributed by atoms with E-state index < -0.39 is 23.1 Å². The fourth-order valence-electron chi connectivity index (χ4n) is 1.95. The third-order valence-corrected chi connectivity index (χ3v) is 3.48. The summed E-state index contributed by atoms with van der Waals surface area (Å²) < 4.78 is 5.14. The summed E-state index contributed by atoms with van der Waals surface area (Å²) in [7, 11) is 0. The fourth-order valence-corrected chi connectivity index (χ4v) is 1.95. The second-order valence-electron chi connectivity index (χ2n) is 5.22. The number of carboxylic acid groups (broad SMARTS) is 1. The summed E-state index contributed by atoms with van der Waals surface area (Å²) in [6, 6.07) is 1.27. The summed E-state index contributed by atoms with van der Waals surface area (Å²) in [5.74, 6) is -1.95. The maximum Gasteiger partial charge on any atom is 0.351 e. The lowest BCUT2D eigenvalue weighted by Gasteiger charge is -2.10. The maximum atomic E-state index is 12.0. The maximum absolute atomic E-state index is 12.0. The van der Waals surface area contributed by atoms with Gasteiger partial charge in [0.1, 0.15) is 17.1 Å². The van der Waals surface area contributed by atoms with Crippen LogP contribution in [0.3, 0.4) is 0 Å². The van der Waals surface area contributed by atoms with Gasteiger partial charge in [-0.05, 0) is 32.3 Å². The standard InChI is InChI=1S/C17H20O6/c1-4-10(2)16(21)15-12(18)9-13(23-17(15)22)11(3)7-5-6-8-14(19)20/h4,6,8-9,11,18H,5,7H2,1-3H3,(H,19,20)/b8-6+,10-4?. The molecule has 0 saturated carbocycles. The summed E-state index contributed by atoms with van der Waals surface area (Å²) >= 11 is 0. The molecule has 124 valence electrons. The van der Waals surface area contributed by atoms with Gasteiger partial charge in [0.05, 0.1) is 0 Å². The number of aromatic hydroxyl groups is 1. The van der Waals surface area contributed by atoms with E-state index in [1.54, 1.807) is 26.8 Å². The van der Waals surface area contributed by atoms with E-state index in [4.69, 9.17) is 9.52 Å². The SMILES string of the molecule is CC=C(C)C(=O)c1c(O)cc(C(C)CC/C=C/C(=O)O)oc1=O. The lowest BCUT2D eigenvalue weighted by atomic mass is 10.00. The van der Waals surface area contributed by atoms with Crippen molar-refractivity contribution < 1.29 is 24.2 Å². The van der Waals surface area contributed by atoms with Crippen LogP contribution in [0.4, 0.5) is 0 Å². The van der Waals surface area contributed by atoms with Gasteiger partial charge in [0, 0.05) is 18.1 Å². The van der Waals surface area contributed by atoms with Gasteiger partial charge in [0.2, 0.25) is 0 Å². The van der Waals surface area contributed by atoms with E-state index in [-0.39, 0.29) is 17.2 Å². The van der Waals surface area contributed by atoms with Crippen LogP contribution in [0.15, 0.2) is 39.1 Å². The van der Waals surface area contributed by atoms with Crippen LogP contribution in [-0.2, 0) is 4.79 Å². The highest BCUT2D eigenvalue weighted by molar-refractivity contribution is 6.09. The molecule has 0 radical (unpaired) electrons. The van der Waals surface area contributed by atoms with E-state index in [9.17, 15) is 19.5 Å². The monoisotopic (exact) mass is 320 g/mol. The molecule has 1 unspecified atom stereocenters. The number of allylic oxidation sites excluding steroid dienone is 3. The van der Waals surface area contributed by atoms with E-state index in [1.165, 1.54) is 12.1 Å². The average molecular weight is 320 g/mol. The van der Waals surface area contributed by atoms with E-state index in [0.717, 1.165) is 6.08 Å². The number of aliphatic carboxylic acids is 1. The molecule has 1 aromatic rings. The van der Waals surface area contributed by atoms with Crippen molar-refractivity contribution in [2.75, 3.05) is 0 Å². The second-order valence-corrected chi connectivity index (χ2v) is 5.22. The number of hydrogen-bond acceptors (Lipinski definition) is 5. The summed E-state index contributed by atoms with van der Waals surface area (Å²) in [4.78, 5) is 34.4. The average Bonchev–Trinajstić information content (AvgIpc) is 2.49. The zero-order valence-corrected chi connectivity index (χ0v) is 13.3. The number of carbonyl (C=O) groups excluding carboxylic acids is 1. The first-order chi connectivity index (χ1) is 10.8. The van der Waals surface area contributed by atoms with Crippen molar-refractivity contribution >= 4 is 11.8 Å². The molecule has 0 aliphatic rings. The van der Waals surface area contributed by atoms with Gasteiger partial charge in [-0.1, -0.05) is 19.1 Å². The Bertz CT molecular complexity index is 708. The molecule has 0 bridgehead atoms. The highest BCUT2D eigenvalue weighted by Gasteiger charge is 2.21. The molecule has 2 N–H and O–H groups in total. The van der Waals surface area contributed by atoms with Gasteiger partial charge < -0.3 is 14.6 Å². The highest BCUT2D eigenvalue weighted by Crippen LogP contribution is 2.25. The third-order valence-electron chi connectivity index (χ3n) is 3.48. The van der Waals surface area contributed by atoms with Gasteiger partial charge in [0.25, 0.3) is 0 Å². The second kappa shape index (κ2) is 8.12. The molecule has 0 aliphatic heterocycles. The first kappa shape index (κ1) is 18.4. The molecule has 0 amide bonds. The van der Waals surface area contributed by atoms with Gasteiger partial charge in [0.15, 0.2) is 5.78 Å². The van der Waals surface area contributed by atoms with Crippen LogP contribution in [0.5, 0.6) is 5.75 Å². The van der Waals surface area contributed by atoms with Gasteiger partial charge >= 0.3 is 11.6 Å². The predicted molar refractivity (Wildman–Crippen MR) is 84.8 cm³/mol. The zero-order chi connectivity index (χ0) is 17.6. The molecular formula is C17H20O6. The van der Waals surface area contributed by atoms with E-state index in [0.29, 0.717) is 18.4 Å². The van der Waals surface area contributed by atoms with Crippen LogP contribution >= 0.6 is 0 Å². The van der Waals surface area contributed by atoms with E-state index in [2.05, 4.69) is 0 Å². The number of rotatable bonds is 7. The Hall–Kier alpha value is -2.63. The van der Waals surface area contributed by atoms with Crippen molar-refractivity contribution in [1.82, 2.24) is 0 Å². The Balaban J connectivity index is 2.98. The van der Waals surface area contributed by atoms with Crippen molar-refractivity contribution in [3.05, 3.63) is 51.6 Å². The lowest BCUT2D eigenvalue weighted by molar-refractivity contribution is -0.131. The fraction of sp³-hybridized carbons (Fsp3) is 0.353. The first-order valence-electron chi connectivity index (χ1n) is 7.22. The first-order valence-corrected chi connectivity index (χ1v) is 7.22. The molecule has 1 rings (SSSR count). The molecule has 1 atom stereocenters. The third kappa shape index (κ3) is 4.95. The normalized spacial score (nSPS) is 13.3. The Kier molecular flexibility index (Phi) is 6.50. The molecule has 1 heterocycles. The van der Waals surface area contributed by atoms with Gasteiger partial charge in [-0.2, -0.15) is 0 Å². The van der Waals surface area contributed by atoms with E-state index >= 15 is 0 Å². The lowest BCUT2D eigenvalue weighted by Crippen LogP contribution is -2.16. The largest absolute Gasteiger partial charge is 0.507 e. The summed E-state index contributed by atoms with van der Waals surface area (Å²) in [5.41, 5.74) is -0.909. The number of Topliss-reactive ketones (excluding diaryl/α,β-unsaturated/α-hetero) is 1. The Labute approximate surface area is 133 Å². The quantitative estimate of drug-likeness (QED) is 0.591. The Morgan fingerprint density at radius 1 is 1.39 bits per heavy atom. The molecule has 6 nitrogen and oxygen atoms in total. The van der Waals surface area contributed by atoms with Crippen molar-refractivity contribution in [1.29, 1.82) is 0 Å². The van der Waals surface area contributed by atoms with Crippen LogP contribution in [0.1, 0.15) is 55.6 Å². The highest BCUT2D eigenvalue weighted by atomic mass is 16.4. The van der Waals surface area contributed by atoms with Crippen molar-refractivity contribution in [3.63, 3.8) is 0 Å². The molecule has 0 aromatic carbocycles. The zero-order valence-electron chi connectivity index (χ0n) is 13.3.